The van der Waals surface area contributed by atoms with E-state index in [0.29, 0.717) is 0 Å². The Morgan fingerprint density at radius 1 is 1.24 bits per heavy atom. The molecule has 0 aliphatic heterocycles. The summed E-state index contributed by atoms with van der Waals surface area (Å²) in [6, 6.07) is 0. The highest BCUT2D eigenvalue weighted by Crippen LogP contribution is 2.12. The Morgan fingerprint density at radius 3 is 2.35 bits per heavy atom. The lowest BCUT2D eigenvalue weighted by molar-refractivity contribution is 0.0635. The summed E-state index contributed by atoms with van der Waals surface area (Å²) in [7, 11) is 0. The van der Waals surface area contributed by atoms with Crippen LogP contribution >= 0.6 is 0 Å². The van der Waals surface area contributed by atoms with Crippen LogP contribution in [0.1, 0.15) is 38.2 Å². The number of ether oxygens (including phenoxy) is 1. The molecule has 0 aromatic carbocycles. The maximum Gasteiger partial charge on any atom is 0.413 e. The van der Waals surface area contributed by atoms with Crippen molar-refractivity contribution < 1.29 is 14.3 Å². The first kappa shape index (κ1) is 13.1. The molecule has 0 saturated heterocycles. The van der Waals surface area contributed by atoms with E-state index in [0.717, 1.165) is 0 Å². The summed E-state index contributed by atoms with van der Waals surface area (Å²) in [5.41, 5.74) is -0.499. The first-order chi connectivity index (χ1) is 7.79. The van der Waals surface area contributed by atoms with Gasteiger partial charge < -0.3 is 4.74 Å². The van der Waals surface area contributed by atoms with Crippen molar-refractivity contribution in [2.45, 2.75) is 33.3 Å². The summed E-state index contributed by atoms with van der Waals surface area (Å²) in [6.45, 7) is 6.59. The van der Waals surface area contributed by atoms with Crippen molar-refractivity contribution >= 4 is 17.7 Å². The molecule has 1 rings (SSSR count). The maximum atomic E-state index is 11.5. The highest BCUT2D eigenvalue weighted by Gasteiger charge is 2.18. The predicted molar refractivity (Wildman–Crippen MR) is 61.9 cm³/mol. The van der Waals surface area contributed by atoms with Crippen molar-refractivity contribution in [3.63, 3.8) is 0 Å². The van der Waals surface area contributed by atoms with Crippen molar-refractivity contribution in [1.29, 1.82) is 0 Å². The number of carbonyl (C=O) groups is 2. The summed E-state index contributed by atoms with van der Waals surface area (Å²) in [4.78, 5) is 30.4. The van der Waals surface area contributed by atoms with Crippen molar-refractivity contribution in [3.05, 3.63) is 18.1 Å². The Balaban J connectivity index is 2.82. The fraction of sp³-hybridized carbons (Fsp3) is 0.455. The van der Waals surface area contributed by atoms with E-state index in [1.807, 2.05) is 0 Å². The van der Waals surface area contributed by atoms with Gasteiger partial charge in [-0.15, -0.1) is 0 Å². The topological polar surface area (TPSA) is 81.2 Å². The molecule has 92 valence electrons. The fourth-order valence-corrected chi connectivity index (χ4v) is 1.09. The zero-order valence-corrected chi connectivity index (χ0v) is 10.3. The van der Waals surface area contributed by atoms with Crippen LogP contribution < -0.4 is 5.32 Å². The van der Waals surface area contributed by atoms with Crippen molar-refractivity contribution in [3.8, 4) is 0 Å². The standard InChI is InChI=1S/C11H15N3O3/c1-7(15)8-9(13-6-5-12-8)14-10(16)17-11(2,3)4/h5-6H,1-4H3,(H,13,14,16). The highest BCUT2D eigenvalue weighted by molar-refractivity contribution is 5.99. The van der Waals surface area contributed by atoms with Gasteiger partial charge in [-0.25, -0.2) is 14.8 Å². The van der Waals surface area contributed by atoms with E-state index < -0.39 is 11.7 Å². The molecule has 6 nitrogen and oxygen atoms in total. The Kier molecular flexibility index (Phi) is 3.77. The lowest BCUT2D eigenvalue weighted by Gasteiger charge is -2.19. The molecule has 0 unspecified atom stereocenters. The van der Waals surface area contributed by atoms with Crippen LogP contribution in [0.15, 0.2) is 12.4 Å². The van der Waals surface area contributed by atoms with Gasteiger partial charge in [0.1, 0.15) is 11.3 Å². The number of hydrogen-bond donors (Lipinski definition) is 1. The van der Waals surface area contributed by atoms with Crippen molar-refractivity contribution in [2.75, 3.05) is 5.32 Å². The summed E-state index contributed by atoms with van der Waals surface area (Å²) < 4.78 is 5.05. The minimum Gasteiger partial charge on any atom is -0.444 e. The van der Waals surface area contributed by atoms with Crippen LogP contribution in [0.5, 0.6) is 0 Å². The highest BCUT2D eigenvalue weighted by atomic mass is 16.6. The predicted octanol–water partition coefficient (Wildman–Crippen LogP) is 2.03. The number of nitrogens with zero attached hydrogens (tertiary/aromatic N) is 2. The Bertz CT molecular complexity index is 438. The van der Waals surface area contributed by atoms with Gasteiger partial charge in [0.15, 0.2) is 11.6 Å². The van der Waals surface area contributed by atoms with Crippen LogP contribution in [0.4, 0.5) is 10.6 Å². The lowest BCUT2D eigenvalue weighted by Crippen LogP contribution is -2.28. The second-order valence-electron chi connectivity index (χ2n) is 4.44. The van der Waals surface area contributed by atoms with Gasteiger partial charge in [0.2, 0.25) is 0 Å². The summed E-state index contributed by atoms with van der Waals surface area (Å²) in [5, 5.41) is 2.39. The van der Waals surface area contributed by atoms with Crippen LogP contribution in [-0.2, 0) is 4.74 Å². The van der Waals surface area contributed by atoms with E-state index >= 15 is 0 Å². The van der Waals surface area contributed by atoms with Crippen molar-refractivity contribution in [1.82, 2.24) is 9.97 Å². The second kappa shape index (κ2) is 4.90. The van der Waals surface area contributed by atoms with Crippen molar-refractivity contribution in [2.24, 2.45) is 0 Å². The minimum absolute atomic E-state index is 0.106. The van der Waals surface area contributed by atoms with Gasteiger partial charge in [0, 0.05) is 19.3 Å². The van der Waals surface area contributed by atoms with Crippen LogP contribution in [0.25, 0.3) is 0 Å². The van der Waals surface area contributed by atoms with E-state index in [4.69, 9.17) is 4.74 Å². The largest absolute Gasteiger partial charge is 0.444 e. The first-order valence-corrected chi connectivity index (χ1v) is 5.11. The number of Topliss-reactive ketones (excluding diaryl/α,β-unsaturated/α-hetero) is 1. The zero-order valence-electron chi connectivity index (χ0n) is 10.3. The van der Waals surface area contributed by atoms with E-state index in [9.17, 15) is 9.59 Å². The summed E-state index contributed by atoms with van der Waals surface area (Å²) >= 11 is 0. The quantitative estimate of drug-likeness (QED) is 0.796. The third kappa shape index (κ3) is 4.18. The zero-order chi connectivity index (χ0) is 13.1. The van der Waals surface area contributed by atoms with E-state index in [-0.39, 0.29) is 17.3 Å². The monoisotopic (exact) mass is 237 g/mol. The van der Waals surface area contributed by atoms with Gasteiger partial charge >= 0.3 is 6.09 Å². The average molecular weight is 237 g/mol. The van der Waals surface area contributed by atoms with Gasteiger partial charge in [-0.1, -0.05) is 0 Å². The molecule has 0 bridgehead atoms. The number of aromatic nitrogens is 2. The second-order valence-corrected chi connectivity index (χ2v) is 4.44. The molecule has 0 fully saturated rings. The number of ketones is 1. The minimum atomic E-state index is -0.666. The number of carbonyl (C=O) groups excluding carboxylic acids is 2. The molecule has 0 aliphatic rings. The van der Waals surface area contributed by atoms with Crippen LogP contribution in [0.3, 0.4) is 0 Å². The maximum absolute atomic E-state index is 11.5. The number of hydrogen-bond acceptors (Lipinski definition) is 5. The molecule has 1 aromatic rings. The molecular formula is C11H15N3O3. The first-order valence-electron chi connectivity index (χ1n) is 5.11. The molecule has 0 atom stereocenters. The van der Waals surface area contributed by atoms with Gasteiger partial charge in [0.25, 0.3) is 0 Å². The molecule has 6 heteroatoms. The molecule has 1 amide bonds. The number of anilines is 1. The number of amides is 1. The van der Waals surface area contributed by atoms with Gasteiger partial charge in [0.05, 0.1) is 0 Å². The van der Waals surface area contributed by atoms with Gasteiger partial charge in [-0.2, -0.15) is 0 Å². The van der Waals surface area contributed by atoms with Crippen LogP contribution in [0, 0.1) is 0 Å². The molecular weight excluding hydrogens is 222 g/mol. The smallest absolute Gasteiger partial charge is 0.413 e. The molecule has 0 aliphatic carbocycles. The Labute approximate surface area is 99.4 Å². The van der Waals surface area contributed by atoms with E-state index in [2.05, 4.69) is 15.3 Å². The summed E-state index contributed by atoms with van der Waals surface area (Å²) in [6.07, 6.45) is 2.11. The molecule has 0 saturated carbocycles. The number of nitrogens with one attached hydrogen (secondary N) is 1. The Hall–Kier alpha value is -1.98. The van der Waals surface area contributed by atoms with Gasteiger partial charge in [-0.05, 0) is 20.8 Å². The van der Waals surface area contributed by atoms with Gasteiger partial charge in [-0.3, -0.25) is 10.1 Å². The molecule has 0 spiro atoms. The van der Waals surface area contributed by atoms with Crippen LogP contribution in [-0.4, -0.2) is 27.4 Å². The van der Waals surface area contributed by atoms with E-state index in [1.165, 1.54) is 19.3 Å². The van der Waals surface area contributed by atoms with E-state index in [1.54, 1.807) is 20.8 Å². The average Bonchev–Trinajstić information content (AvgIpc) is 2.14. The lowest BCUT2D eigenvalue weighted by atomic mass is 10.2. The third-order valence-corrected chi connectivity index (χ3v) is 1.65. The third-order valence-electron chi connectivity index (χ3n) is 1.65. The fourth-order valence-electron chi connectivity index (χ4n) is 1.09. The molecule has 1 heterocycles. The summed E-state index contributed by atoms with van der Waals surface area (Å²) in [5.74, 6) is -0.168. The Morgan fingerprint density at radius 2 is 1.82 bits per heavy atom. The molecule has 1 aromatic heterocycles. The molecule has 0 radical (unpaired) electrons. The molecule has 1 N–H and O–H groups in total. The molecule has 17 heavy (non-hydrogen) atoms. The number of rotatable bonds is 2. The normalized spacial score (nSPS) is 10.8. The van der Waals surface area contributed by atoms with Crippen LogP contribution in [0.2, 0.25) is 0 Å². The SMILES string of the molecule is CC(=O)c1nccnc1NC(=O)OC(C)(C)C.